The Balaban J connectivity index is 2.62. The number of hydrogen-bond donors (Lipinski definition) is 0. The van der Waals surface area contributed by atoms with Gasteiger partial charge < -0.3 is 0 Å². The SMILES string of the molecule is CCC[CH2][Sn]([CH2]CCC)([CH2]CCC)[c]1cn2cnc(S(=O)(=O)N(C)C(C)(O[SiH](C)C)C(C)(C)C)c2s1. The van der Waals surface area contributed by atoms with Crippen molar-refractivity contribution in [3.63, 3.8) is 0 Å². The van der Waals surface area contributed by atoms with Gasteiger partial charge in [0.15, 0.2) is 0 Å². The molecule has 1 atom stereocenters. The molecule has 0 aliphatic heterocycles. The van der Waals surface area contributed by atoms with E-state index >= 15 is 0 Å². The standard InChI is InChI=1S/C14H24N3O3S2Si.3C4H9.Sn/c1-13(2,3)14(4,20-23(6)7)16(5)22(18,19)11-12-17(10-15-11)8-9-21-12;3*1-3-4-2;/h8,10,23H,1-7H3;3*1,3-4H2,2H3;. The van der Waals surface area contributed by atoms with E-state index in [2.05, 4.69) is 45.0 Å². The summed E-state index contributed by atoms with van der Waals surface area (Å²) in [6.45, 7) is 19.1. The third-order valence-corrected chi connectivity index (χ3v) is 30.0. The second-order valence-corrected chi connectivity index (χ2v) is 31.2. The van der Waals surface area contributed by atoms with Crippen molar-refractivity contribution >= 4 is 56.5 Å². The van der Waals surface area contributed by atoms with Gasteiger partial charge in [-0.1, -0.05) is 0 Å². The molecule has 2 aromatic rings. The molecule has 0 N–H and O–H groups in total. The summed E-state index contributed by atoms with van der Waals surface area (Å²) >= 11 is -0.957. The van der Waals surface area contributed by atoms with Crippen LogP contribution in [0.1, 0.15) is 87.0 Å². The summed E-state index contributed by atoms with van der Waals surface area (Å²) in [5.41, 5.74) is -1.37. The molecule has 0 aliphatic rings. The number of thiazole rings is 1. The first-order valence-electron chi connectivity index (χ1n) is 13.8. The van der Waals surface area contributed by atoms with Crippen molar-refractivity contribution in [2.45, 2.75) is 124 Å². The third kappa shape index (κ3) is 6.79. The fourth-order valence-electron chi connectivity index (χ4n) is 5.03. The van der Waals surface area contributed by atoms with Gasteiger partial charge in [0.2, 0.25) is 0 Å². The van der Waals surface area contributed by atoms with E-state index in [1.807, 2.05) is 32.1 Å². The molecule has 208 valence electrons. The summed E-state index contributed by atoms with van der Waals surface area (Å²) in [7, 11) is -3.73. The molecule has 10 heteroatoms. The van der Waals surface area contributed by atoms with Crippen LogP contribution in [0, 0.1) is 5.41 Å². The minimum atomic E-state index is -3.86. The van der Waals surface area contributed by atoms with Gasteiger partial charge in [-0.15, -0.1) is 0 Å². The van der Waals surface area contributed by atoms with Crippen molar-refractivity contribution in [1.29, 1.82) is 0 Å². The monoisotopic (exact) mass is 665 g/mol. The van der Waals surface area contributed by atoms with E-state index in [0.717, 1.165) is 4.83 Å². The van der Waals surface area contributed by atoms with Gasteiger partial charge in [0.25, 0.3) is 0 Å². The number of nitrogens with zero attached hydrogens (tertiary/aromatic N) is 3. The summed E-state index contributed by atoms with van der Waals surface area (Å²) in [6, 6.07) is 0. The fourth-order valence-corrected chi connectivity index (χ4v) is 28.4. The average molecular weight is 665 g/mol. The summed E-state index contributed by atoms with van der Waals surface area (Å²) < 4.78 is 43.6. The van der Waals surface area contributed by atoms with E-state index in [0.29, 0.717) is 0 Å². The van der Waals surface area contributed by atoms with Crippen molar-refractivity contribution in [2.24, 2.45) is 5.41 Å². The molecule has 36 heavy (non-hydrogen) atoms. The van der Waals surface area contributed by atoms with Gasteiger partial charge >= 0.3 is 232 Å². The molecule has 0 saturated carbocycles. The predicted octanol–water partition coefficient (Wildman–Crippen LogP) is 6.83. The van der Waals surface area contributed by atoms with E-state index in [4.69, 9.17) is 4.43 Å². The fraction of sp³-hybridized carbons (Fsp3) is 0.808. The Morgan fingerprint density at radius 2 is 1.53 bits per heavy atom. The Morgan fingerprint density at radius 1 is 1.03 bits per heavy atom. The molecule has 6 nitrogen and oxygen atoms in total. The Morgan fingerprint density at radius 3 is 1.94 bits per heavy atom. The van der Waals surface area contributed by atoms with E-state index in [1.54, 1.807) is 24.7 Å². The van der Waals surface area contributed by atoms with Crippen LogP contribution in [-0.2, 0) is 14.4 Å². The van der Waals surface area contributed by atoms with Crippen LogP contribution in [0.25, 0.3) is 4.83 Å². The molecule has 2 rings (SSSR count). The van der Waals surface area contributed by atoms with Crippen molar-refractivity contribution < 1.29 is 12.8 Å². The first kappa shape index (κ1) is 32.3. The molecule has 0 aliphatic carbocycles. The zero-order chi connectivity index (χ0) is 27.4. The quantitative estimate of drug-likeness (QED) is 0.155. The van der Waals surface area contributed by atoms with Crippen LogP contribution in [0.2, 0.25) is 26.4 Å². The Bertz CT molecular complexity index is 1060. The van der Waals surface area contributed by atoms with Gasteiger partial charge in [-0.3, -0.25) is 0 Å². The van der Waals surface area contributed by atoms with Crippen molar-refractivity contribution in [3.8, 4) is 0 Å². The molecule has 0 radical (unpaired) electrons. The van der Waals surface area contributed by atoms with E-state index < -0.39 is 48.6 Å². The molecular formula is C26H51N3O3S2SiSn. The number of imidazole rings is 1. The first-order valence-corrected chi connectivity index (χ1v) is 26.4. The van der Waals surface area contributed by atoms with Crippen LogP contribution < -0.4 is 2.89 Å². The first-order chi connectivity index (χ1) is 16.7. The Kier molecular flexibility index (Phi) is 11.6. The van der Waals surface area contributed by atoms with Crippen LogP contribution in [-0.4, -0.2) is 62.3 Å². The third-order valence-electron chi connectivity index (χ3n) is 7.79. The second-order valence-electron chi connectivity index (χ2n) is 11.8. The number of sulfonamides is 1. The van der Waals surface area contributed by atoms with Gasteiger partial charge in [-0.25, -0.2) is 0 Å². The molecule has 0 bridgehead atoms. The zero-order valence-electron chi connectivity index (χ0n) is 24.5. The van der Waals surface area contributed by atoms with Crippen molar-refractivity contribution in [3.05, 3.63) is 12.5 Å². The molecular weight excluding hydrogens is 613 g/mol. The predicted molar refractivity (Wildman–Crippen MR) is 160 cm³/mol. The number of unbranched alkanes of at least 4 members (excludes halogenated alkanes) is 3. The molecule has 2 heterocycles. The normalized spacial score (nSPS) is 15.3. The Hall–Kier alpha value is 0.0556. The van der Waals surface area contributed by atoms with Crippen LogP contribution in [0.4, 0.5) is 0 Å². The van der Waals surface area contributed by atoms with Gasteiger partial charge in [0.1, 0.15) is 0 Å². The molecule has 0 aromatic carbocycles. The van der Waals surface area contributed by atoms with Gasteiger partial charge in [0.05, 0.1) is 0 Å². The molecule has 2 aromatic heterocycles. The summed E-state index contributed by atoms with van der Waals surface area (Å²) in [4.78, 5) is 5.22. The number of rotatable bonds is 15. The van der Waals surface area contributed by atoms with E-state index in [9.17, 15) is 8.42 Å². The molecule has 1 unspecified atom stereocenters. The van der Waals surface area contributed by atoms with Crippen LogP contribution >= 0.6 is 11.3 Å². The van der Waals surface area contributed by atoms with Crippen LogP contribution in [0.15, 0.2) is 17.6 Å². The maximum absolute atomic E-state index is 14.1. The van der Waals surface area contributed by atoms with Gasteiger partial charge in [-0.2, -0.15) is 0 Å². The summed E-state index contributed by atoms with van der Waals surface area (Å²) in [5.74, 6) is 0. The topological polar surface area (TPSA) is 63.9 Å². The zero-order valence-corrected chi connectivity index (χ0v) is 30.1. The van der Waals surface area contributed by atoms with E-state index in [1.165, 1.54) is 59.0 Å². The van der Waals surface area contributed by atoms with Gasteiger partial charge in [-0.05, 0) is 0 Å². The minimum absolute atomic E-state index is 0.174. The number of fused-ring (bicyclic) bond motifs is 1. The maximum atomic E-state index is 14.1. The average Bonchev–Trinajstić information content (AvgIpc) is 3.38. The second kappa shape index (κ2) is 12.9. The van der Waals surface area contributed by atoms with E-state index in [-0.39, 0.29) is 5.03 Å². The van der Waals surface area contributed by atoms with Gasteiger partial charge in [0, 0.05) is 0 Å². The summed E-state index contributed by atoms with van der Waals surface area (Å²) in [6.07, 6.45) is 11.5. The number of aromatic nitrogens is 2. The molecule has 0 saturated heterocycles. The number of hydrogen-bond acceptors (Lipinski definition) is 5. The molecule has 0 fully saturated rings. The molecule has 0 amide bonds. The molecule has 0 spiro atoms. The van der Waals surface area contributed by atoms with Crippen molar-refractivity contribution in [1.82, 2.24) is 13.7 Å². The van der Waals surface area contributed by atoms with Crippen LogP contribution in [0.5, 0.6) is 0 Å². The van der Waals surface area contributed by atoms with Crippen LogP contribution in [0.3, 0.4) is 0 Å². The van der Waals surface area contributed by atoms with Crippen molar-refractivity contribution in [2.75, 3.05) is 7.05 Å². The Labute approximate surface area is 230 Å². The summed E-state index contributed by atoms with van der Waals surface area (Å²) in [5, 5.41) is 0.174.